The summed E-state index contributed by atoms with van der Waals surface area (Å²) >= 11 is 0. The van der Waals surface area contributed by atoms with Crippen LogP contribution in [0.2, 0.25) is 0 Å². The molecule has 0 saturated heterocycles. The molecule has 9 nitrogen and oxygen atoms in total. The van der Waals surface area contributed by atoms with Crippen molar-refractivity contribution in [3.05, 3.63) is 60.8 Å². The van der Waals surface area contributed by atoms with E-state index in [1.165, 1.54) is 32.1 Å². The van der Waals surface area contributed by atoms with Crippen molar-refractivity contribution in [2.45, 2.75) is 148 Å². The second-order valence-corrected chi connectivity index (χ2v) is 13.5. The minimum absolute atomic E-state index is 0.0466. The summed E-state index contributed by atoms with van der Waals surface area (Å²) in [6.45, 7) is 3.52. The average molecular weight is 710 g/mol. The average Bonchev–Trinajstić information content (AvgIpc) is 3.08. The van der Waals surface area contributed by atoms with Crippen LogP contribution in [0.5, 0.6) is 0 Å². The van der Waals surface area contributed by atoms with Gasteiger partial charge in [0.1, 0.15) is 6.61 Å². The summed E-state index contributed by atoms with van der Waals surface area (Å²) in [6.07, 6.45) is 39.7. The molecular formula is C39H68NO8P. The van der Waals surface area contributed by atoms with Gasteiger partial charge in [-0.25, -0.2) is 4.57 Å². The van der Waals surface area contributed by atoms with Crippen LogP contribution in [-0.4, -0.2) is 49.3 Å². The molecular weight excluding hydrogens is 641 g/mol. The van der Waals surface area contributed by atoms with Crippen molar-refractivity contribution in [3.8, 4) is 0 Å². The lowest BCUT2D eigenvalue weighted by Crippen LogP contribution is -2.29. The molecule has 0 aromatic carbocycles. The van der Waals surface area contributed by atoms with Crippen LogP contribution in [-0.2, 0) is 32.7 Å². The number of hydrogen-bond acceptors (Lipinski definition) is 8. The van der Waals surface area contributed by atoms with E-state index in [1.54, 1.807) is 0 Å². The Kier molecular flexibility index (Phi) is 33.9. The highest BCUT2D eigenvalue weighted by molar-refractivity contribution is 7.47. The van der Waals surface area contributed by atoms with Gasteiger partial charge in [0.2, 0.25) is 0 Å². The minimum Gasteiger partial charge on any atom is -0.462 e. The van der Waals surface area contributed by atoms with E-state index in [4.69, 9.17) is 24.3 Å². The molecule has 0 fully saturated rings. The number of esters is 2. The molecule has 0 aliphatic rings. The fourth-order valence-electron chi connectivity index (χ4n) is 4.66. The zero-order chi connectivity index (χ0) is 36.1. The van der Waals surface area contributed by atoms with E-state index in [9.17, 15) is 19.0 Å². The predicted octanol–water partition coefficient (Wildman–Crippen LogP) is 10.2. The van der Waals surface area contributed by atoms with Gasteiger partial charge in [-0.15, -0.1) is 0 Å². The summed E-state index contributed by atoms with van der Waals surface area (Å²) in [5.74, 6) is -0.875. The maximum Gasteiger partial charge on any atom is 0.472 e. The minimum atomic E-state index is -4.38. The van der Waals surface area contributed by atoms with Gasteiger partial charge in [-0.3, -0.25) is 18.6 Å². The smallest absolute Gasteiger partial charge is 0.462 e. The highest BCUT2D eigenvalue weighted by Crippen LogP contribution is 2.43. The Balaban J connectivity index is 4.25. The van der Waals surface area contributed by atoms with E-state index in [-0.39, 0.29) is 32.6 Å². The molecule has 49 heavy (non-hydrogen) atoms. The largest absolute Gasteiger partial charge is 0.472 e. The molecule has 0 aliphatic carbocycles. The first-order chi connectivity index (χ1) is 23.8. The molecule has 0 aromatic heterocycles. The normalized spacial score (nSPS) is 14.1. The van der Waals surface area contributed by atoms with E-state index in [1.807, 2.05) is 0 Å². The first-order valence-corrected chi connectivity index (χ1v) is 20.3. The highest BCUT2D eigenvalue weighted by Gasteiger charge is 2.25. The van der Waals surface area contributed by atoms with Crippen molar-refractivity contribution >= 4 is 19.8 Å². The van der Waals surface area contributed by atoms with E-state index >= 15 is 0 Å². The maximum absolute atomic E-state index is 12.4. The van der Waals surface area contributed by atoms with Crippen molar-refractivity contribution in [2.75, 3.05) is 26.4 Å². The van der Waals surface area contributed by atoms with E-state index in [2.05, 4.69) is 74.6 Å². The number of phosphoric ester groups is 1. The molecule has 0 rings (SSSR count). The molecule has 0 spiro atoms. The van der Waals surface area contributed by atoms with Gasteiger partial charge in [0, 0.05) is 19.4 Å². The Bertz CT molecular complexity index is 992. The molecule has 2 atom stereocenters. The van der Waals surface area contributed by atoms with Crippen LogP contribution < -0.4 is 5.73 Å². The number of nitrogens with two attached hydrogens (primary N) is 1. The van der Waals surface area contributed by atoms with Crippen LogP contribution in [0.25, 0.3) is 0 Å². The Morgan fingerprint density at radius 1 is 0.633 bits per heavy atom. The standard InChI is InChI=1S/C39H68NO8P/c1-3-5-7-9-11-13-14-15-16-17-18-19-20-21-22-24-25-27-29-31-38(41)45-35-37(36-47-49(43,44)46-34-33-40)48-39(42)32-30-28-26-23-12-10-8-6-4-2/h5,7,11,13,15-16,18-19,21-22,37H,3-4,6,8-10,12,14,17,20,23-36,40H2,1-2H3,(H,43,44)/b7-5+,13-11+,16-15+,19-18+,22-21+/t37-/m0/s1. The fourth-order valence-corrected chi connectivity index (χ4v) is 5.42. The van der Waals surface area contributed by atoms with E-state index in [0.717, 1.165) is 70.6 Å². The number of ether oxygens (including phenoxy) is 2. The first-order valence-electron chi connectivity index (χ1n) is 18.8. The summed E-state index contributed by atoms with van der Waals surface area (Å²) in [5.41, 5.74) is 5.32. The Labute approximate surface area is 298 Å². The van der Waals surface area contributed by atoms with E-state index in [0.29, 0.717) is 12.8 Å². The molecule has 0 heterocycles. The van der Waals surface area contributed by atoms with Gasteiger partial charge in [0.05, 0.1) is 13.2 Å². The maximum atomic E-state index is 12.4. The fraction of sp³-hybridized carbons (Fsp3) is 0.692. The van der Waals surface area contributed by atoms with Crippen molar-refractivity contribution in [2.24, 2.45) is 5.73 Å². The molecule has 10 heteroatoms. The lowest BCUT2D eigenvalue weighted by Gasteiger charge is -2.19. The number of unbranched alkanes of at least 4 members (excludes halogenated alkanes) is 11. The lowest BCUT2D eigenvalue weighted by molar-refractivity contribution is -0.161. The number of rotatable bonds is 34. The molecule has 3 N–H and O–H groups in total. The summed E-state index contributed by atoms with van der Waals surface area (Å²) < 4.78 is 32.5. The second-order valence-electron chi connectivity index (χ2n) is 12.1. The topological polar surface area (TPSA) is 134 Å². The number of carbonyl (C=O) groups excluding carboxylic acids is 2. The third-order valence-corrected chi connectivity index (χ3v) is 8.40. The van der Waals surface area contributed by atoms with Gasteiger partial charge < -0.3 is 20.1 Å². The van der Waals surface area contributed by atoms with Gasteiger partial charge in [0.25, 0.3) is 0 Å². The van der Waals surface area contributed by atoms with Crippen LogP contribution in [0.4, 0.5) is 0 Å². The van der Waals surface area contributed by atoms with Crippen molar-refractivity contribution in [3.63, 3.8) is 0 Å². The molecule has 282 valence electrons. The molecule has 0 saturated carbocycles. The number of hydrogen-bond donors (Lipinski definition) is 2. The van der Waals surface area contributed by atoms with Crippen LogP contribution in [0.15, 0.2) is 60.8 Å². The summed E-state index contributed by atoms with van der Waals surface area (Å²) in [6, 6.07) is 0. The molecule has 0 amide bonds. The third-order valence-electron chi connectivity index (χ3n) is 7.42. The number of phosphoric acid groups is 1. The predicted molar refractivity (Wildman–Crippen MR) is 201 cm³/mol. The molecule has 0 aliphatic heterocycles. The van der Waals surface area contributed by atoms with Crippen LogP contribution in [0.3, 0.4) is 0 Å². The van der Waals surface area contributed by atoms with Gasteiger partial charge in [0.15, 0.2) is 6.10 Å². The monoisotopic (exact) mass is 709 g/mol. The van der Waals surface area contributed by atoms with Crippen molar-refractivity contribution in [1.82, 2.24) is 0 Å². The van der Waals surface area contributed by atoms with E-state index < -0.39 is 32.5 Å². The molecule has 0 radical (unpaired) electrons. The second kappa shape index (κ2) is 35.5. The third kappa shape index (κ3) is 35.3. The summed E-state index contributed by atoms with van der Waals surface area (Å²) in [7, 11) is -4.38. The Morgan fingerprint density at radius 3 is 1.67 bits per heavy atom. The Hall–Kier alpha value is -2.29. The summed E-state index contributed by atoms with van der Waals surface area (Å²) in [5, 5.41) is 0. The van der Waals surface area contributed by atoms with Crippen LogP contribution in [0.1, 0.15) is 142 Å². The van der Waals surface area contributed by atoms with Gasteiger partial charge in [-0.1, -0.05) is 132 Å². The van der Waals surface area contributed by atoms with Crippen molar-refractivity contribution < 1.29 is 37.6 Å². The quantitative estimate of drug-likeness (QED) is 0.0290. The van der Waals surface area contributed by atoms with Gasteiger partial charge in [-0.2, -0.15) is 0 Å². The summed E-state index contributed by atoms with van der Waals surface area (Å²) in [4.78, 5) is 34.6. The highest BCUT2D eigenvalue weighted by atomic mass is 31.2. The van der Waals surface area contributed by atoms with Gasteiger partial charge in [-0.05, 0) is 57.8 Å². The zero-order valence-electron chi connectivity index (χ0n) is 30.7. The van der Waals surface area contributed by atoms with Crippen LogP contribution in [0, 0.1) is 0 Å². The molecule has 0 aromatic rings. The molecule has 1 unspecified atom stereocenters. The number of carbonyl (C=O) groups is 2. The van der Waals surface area contributed by atoms with Crippen LogP contribution >= 0.6 is 7.82 Å². The molecule has 0 bridgehead atoms. The van der Waals surface area contributed by atoms with Gasteiger partial charge >= 0.3 is 19.8 Å². The van der Waals surface area contributed by atoms with Crippen molar-refractivity contribution in [1.29, 1.82) is 0 Å². The first kappa shape index (κ1) is 46.7. The lowest BCUT2D eigenvalue weighted by atomic mass is 10.1. The zero-order valence-corrected chi connectivity index (χ0v) is 31.5. The number of allylic oxidation sites excluding steroid dienone is 10. The Morgan fingerprint density at radius 2 is 1.12 bits per heavy atom. The SMILES string of the molecule is CC/C=C/C/C=C/C/C=C/C/C=C/C/C=C/CCCCCC(=O)OC[C@@H](COP(=O)(O)OCCN)OC(=O)CCCCCCCCCCC.